The molecule has 0 aliphatic carbocycles. The quantitative estimate of drug-likeness (QED) is 0.498. The normalized spacial score (nSPS) is 12.1. The second kappa shape index (κ2) is 3.54. The van der Waals surface area contributed by atoms with Crippen molar-refractivity contribution in [3.63, 3.8) is 0 Å². The summed E-state index contributed by atoms with van der Waals surface area (Å²) in [6.07, 6.45) is 0. The molecule has 0 rings (SSSR count). The van der Waals surface area contributed by atoms with Crippen molar-refractivity contribution in [2.75, 3.05) is 0 Å². The summed E-state index contributed by atoms with van der Waals surface area (Å²) in [7, 11) is 0. The van der Waals surface area contributed by atoms with Gasteiger partial charge in [0.2, 0.25) is 0 Å². The molecule has 0 amide bonds. The molecule has 0 saturated heterocycles. The Labute approximate surface area is 61.1 Å². The summed E-state index contributed by atoms with van der Waals surface area (Å²) in [6.45, 7) is 9.05. The molecule has 0 radical (unpaired) electrons. The van der Waals surface area contributed by atoms with E-state index in [-0.39, 0.29) is 0 Å². The Kier molecular flexibility index (Phi) is 3.77. The van der Waals surface area contributed by atoms with E-state index in [1.54, 1.807) is 0 Å². The molecule has 0 N–H and O–H groups in total. The summed E-state index contributed by atoms with van der Waals surface area (Å²) < 4.78 is 0.787. The Balaban J connectivity index is 3.46. The van der Waals surface area contributed by atoms with Gasteiger partial charge in [0.05, 0.1) is 0 Å². The van der Waals surface area contributed by atoms with E-state index in [0.29, 0.717) is 0 Å². The van der Waals surface area contributed by atoms with Crippen LogP contribution in [0.15, 0.2) is 0 Å². The van der Waals surface area contributed by atoms with Gasteiger partial charge in [0.1, 0.15) is 0 Å². The van der Waals surface area contributed by atoms with Crippen LogP contribution in [0, 0.1) is 11.8 Å². The number of hydrogen-bond donors (Lipinski definition) is 0. The van der Waals surface area contributed by atoms with Gasteiger partial charge in [0, 0.05) is 0 Å². The molecule has 0 heterocycles. The van der Waals surface area contributed by atoms with Crippen LogP contribution in [0.5, 0.6) is 0 Å². The van der Waals surface area contributed by atoms with Gasteiger partial charge in [-0.2, -0.15) is 0 Å². The first kappa shape index (κ1) is 8.53. The average molecular weight is 126 g/mol. The fourth-order valence-corrected chi connectivity index (χ4v) is 0.770. The molecule has 0 aliphatic rings. The van der Waals surface area contributed by atoms with Crippen molar-refractivity contribution in [1.29, 1.82) is 0 Å². The zero-order chi connectivity index (χ0) is 6.73. The van der Waals surface area contributed by atoms with Crippen molar-refractivity contribution >= 4 is 16.3 Å². The molecule has 0 fully saturated rings. The minimum atomic E-state index is 0.787. The van der Waals surface area contributed by atoms with Crippen molar-refractivity contribution in [3.8, 4) is 0 Å². The van der Waals surface area contributed by atoms with Gasteiger partial charge in [-0.15, -0.1) is 0 Å². The standard InChI is InChI=1S/C7H15.Al/c1-6(2)5-7(3)4;/h5-7H,1-4H3;/q;+2. The molecule has 44 valence electrons. The molecule has 1 heteroatoms. The molecule has 8 heavy (non-hydrogen) atoms. The van der Waals surface area contributed by atoms with Crippen LogP contribution >= 0.6 is 0 Å². The molecule has 0 bridgehead atoms. The third-order valence-corrected chi connectivity index (χ3v) is 3.08. The fraction of sp³-hybridized carbons (Fsp3) is 1.00. The zero-order valence-electron chi connectivity index (χ0n) is 6.31. The Bertz CT molecular complexity index is 49.4. The van der Waals surface area contributed by atoms with Gasteiger partial charge >= 0.3 is 60.6 Å². The average Bonchev–Trinajstić information content (AvgIpc) is 1.64. The molecule has 0 nitrogen and oxygen atoms in total. The third kappa shape index (κ3) is 2.75. The third-order valence-electron chi connectivity index (χ3n) is 1.54. The summed E-state index contributed by atoms with van der Waals surface area (Å²) in [5, 5.41) is 0. The maximum atomic E-state index is 2.89. The SMILES string of the molecule is CC(C)[CH]([Al+2])C(C)C. The van der Waals surface area contributed by atoms with Crippen LogP contribution in [0.2, 0.25) is 4.78 Å². The van der Waals surface area contributed by atoms with Crippen molar-refractivity contribution in [1.82, 2.24) is 0 Å². The Morgan fingerprint density at radius 3 is 1.12 bits per heavy atom. The second-order valence-corrected chi connectivity index (χ2v) is 3.84. The van der Waals surface area contributed by atoms with Crippen LogP contribution in [0.25, 0.3) is 0 Å². The maximum absolute atomic E-state index is 2.89. The number of rotatable bonds is 2. The van der Waals surface area contributed by atoms with Crippen LogP contribution in [0.1, 0.15) is 27.7 Å². The first-order valence-corrected chi connectivity index (χ1v) is 3.98. The molecule has 0 atom stereocenters. The van der Waals surface area contributed by atoms with Gasteiger partial charge in [-0.1, -0.05) is 0 Å². The van der Waals surface area contributed by atoms with Gasteiger partial charge in [-0.3, -0.25) is 0 Å². The van der Waals surface area contributed by atoms with Crippen LogP contribution in [-0.2, 0) is 0 Å². The molecule has 0 aromatic carbocycles. The number of hydrogen-bond acceptors (Lipinski definition) is 0. The van der Waals surface area contributed by atoms with E-state index >= 15 is 0 Å². The van der Waals surface area contributed by atoms with E-state index in [0.717, 1.165) is 16.6 Å². The summed E-state index contributed by atoms with van der Waals surface area (Å²) in [5.41, 5.74) is 0. The molecule has 0 aliphatic heterocycles. The van der Waals surface area contributed by atoms with Gasteiger partial charge in [0.25, 0.3) is 0 Å². The second-order valence-electron chi connectivity index (χ2n) is 3.07. The van der Waals surface area contributed by atoms with Crippen LogP contribution < -0.4 is 0 Å². The predicted molar refractivity (Wildman–Crippen MR) is 39.2 cm³/mol. The van der Waals surface area contributed by atoms with E-state index in [4.69, 9.17) is 0 Å². The Hall–Kier alpha value is 0.532. The minimum absolute atomic E-state index is 0.787. The van der Waals surface area contributed by atoms with Gasteiger partial charge in [0.15, 0.2) is 0 Å². The van der Waals surface area contributed by atoms with E-state index in [9.17, 15) is 0 Å². The molecule has 0 saturated carbocycles. The van der Waals surface area contributed by atoms with Crippen LogP contribution in [0.4, 0.5) is 0 Å². The zero-order valence-corrected chi connectivity index (χ0v) is 7.46. The van der Waals surface area contributed by atoms with Crippen LogP contribution in [-0.4, -0.2) is 16.3 Å². The summed E-state index contributed by atoms with van der Waals surface area (Å²) >= 11 is 2.89. The fourth-order valence-electron chi connectivity index (χ4n) is 0.770. The van der Waals surface area contributed by atoms with Crippen molar-refractivity contribution in [2.24, 2.45) is 11.8 Å². The molecular weight excluding hydrogens is 111 g/mol. The van der Waals surface area contributed by atoms with E-state index in [1.807, 2.05) is 0 Å². The van der Waals surface area contributed by atoms with E-state index in [2.05, 4.69) is 44.0 Å². The predicted octanol–water partition coefficient (Wildman–Crippen LogP) is 2.26. The first-order valence-electron chi connectivity index (χ1n) is 3.31. The van der Waals surface area contributed by atoms with Crippen molar-refractivity contribution in [3.05, 3.63) is 0 Å². The Morgan fingerprint density at radius 1 is 0.875 bits per heavy atom. The molecular formula is C7H15Al+2. The van der Waals surface area contributed by atoms with Crippen LogP contribution in [0.3, 0.4) is 0 Å². The summed E-state index contributed by atoms with van der Waals surface area (Å²) in [6, 6.07) is 0. The van der Waals surface area contributed by atoms with Crippen molar-refractivity contribution < 1.29 is 0 Å². The molecule has 0 aromatic rings. The summed E-state index contributed by atoms with van der Waals surface area (Å²) in [5.74, 6) is 1.61. The monoisotopic (exact) mass is 126 g/mol. The van der Waals surface area contributed by atoms with E-state index in [1.165, 1.54) is 0 Å². The molecule has 0 aromatic heterocycles. The van der Waals surface area contributed by atoms with Gasteiger partial charge in [-0.05, 0) is 0 Å². The van der Waals surface area contributed by atoms with Gasteiger partial charge in [-0.25, -0.2) is 0 Å². The Morgan fingerprint density at radius 2 is 1.12 bits per heavy atom. The van der Waals surface area contributed by atoms with Gasteiger partial charge < -0.3 is 0 Å². The van der Waals surface area contributed by atoms with Crippen molar-refractivity contribution in [2.45, 2.75) is 32.5 Å². The molecule has 0 spiro atoms. The van der Waals surface area contributed by atoms with E-state index < -0.39 is 0 Å². The summed E-state index contributed by atoms with van der Waals surface area (Å²) in [4.78, 5) is 0. The first-order chi connectivity index (χ1) is 3.55. The molecule has 0 unspecified atom stereocenters. The topological polar surface area (TPSA) is 0 Å².